The molecule has 1 saturated carbocycles. The fraction of sp³-hybridized carbons (Fsp3) is 0.923. The second-order valence-corrected chi connectivity index (χ2v) is 4.59. The molecule has 0 spiro atoms. The van der Waals surface area contributed by atoms with Crippen LogP contribution in [0.15, 0.2) is 0 Å². The lowest BCUT2D eigenvalue weighted by Crippen LogP contribution is -2.24. The lowest BCUT2D eigenvalue weighted by molar-refractivity contribution is -0.191. The zero-order chi connectivity index (χ0) is 12.0. The Morgan fingerprint density at radius 3 is 2.62 bits per heavy atom. The van der Waals surface area contributed by atoms with E-state index in [4.69, 9.17) is 9.47 Å². The minimum atomic E-state index is -0.563. The van der Waals surface area contributed by atoms with Crippen molar-refractivity contribution in [3.63, 3.8) is 0 Å². The van der Waals surface area contributed by atoms with Gasteiger partial charge in [-0.05, 0) is 13.3 Å². The van der Waals surface area contributed by atoms with Crippen molar-refractivity contribution in [1.82, 2.24) is 0 Å². The van der Waals surface area contributed by atoms with Gasteiger partial charge in [-0.2, -0.15) is 0 Å². The SMILES string of the molecule is CCCCCC[C@H]1C[C@@]1(OCC)OC(C)=O. The molecule has 0 saturated heterocycles. The van der Waals surface area contributed by atoms with Gasteiger partial charge >= 0.3 is 5.97 Å². The van der Waals surface area contributed by atoms with Gasteiger partial charge in [-0.1, -0.05) is 32.6 Å². The molecule has 0 bridgehead atoms. The lowest BCUT2D eigenvalue weighted by Gasteiger charge is -2.17. The van der Waals surface area contributed by atoms with Gasteiger partial charge in [-0.15, -0.1) is 0 Å². The maximum absolute atomic E-state index is 11.0. The zero-order valence-electron chi connectivity index (χ0n) is 10.8. The molecule has 0 aliphatic heterocycles. The van der Waals surface area contributed by atoms with Crippen molar-refractivity contribution in [2.75, 3.05) is 6.61 Å². The number of hydrogen-bond donors (Lipinski definition) is 0. The number of unbranched alkanes of at least 4 members (excludes halogenated alkanes) is 3. The van der Waals surface area contributed by atoms with Crippen LogP contribution in [0, 0.1) is 5.92 Å². The third-order valence-corrected chi connectivity index (χ3v) is 3.10. The third kappa shape index (κ3) is 3.78. The summed E-state index contributed by atoms with van der Waals surface area (Å²) >= 11 is 0. The van der Waals surface area contributed by atoms with Gasteiger partial charge in [-0.25, -0.2) is 0 Å². The Kier molecular flexibility index (Phi) is 5.26. The molecule has 0 unspecified atom stereocenters. The molecule has 3 nitrogen and oxygen atoms in total. The maximum atomic E-state index is 11.0. The van der Waals surface area contributed by atoms with E-state index in [1.165, 1.54) is 32.6 Å². The summed E-state index contributed by atoms with van der Waals surface area (Å²) in [4.78, 5) is 11.0. The minimum Gasteiger partial charge on any atom is -0.433 e. The number of rotatable bonds is 8. The highest BCUT2D eigenvalue weighted by molar-refractivity contribution is 5.66. The van der Waals surface area contributed by atoms with Crippen molar-refractivity contribution in [3.8, 4) is 0 Å². The van der Waals surface area contributed by atoms with Gasteiger partial charge in [0.05, 0.1) is 0 Å². The fourth-order valence-electron chi connectivity index (χ4n) is 2.24. The lowest BCUT2D eigenvalue weighted by atomic mass is 10.1. The molecule has 1 aliphatic carbocycles. The predicted octanol–water partition coefficient (Wildman–Crippen LogP) is 3.27. The molecule has 3 heteroatoms. The van der Waals surface area contributed by atoms with E-state index >= 15 is 0 Å². The van der Waals surface area contributed by atoms with Gasteiger partial charge < -0.3 is 9.47 Å². The number of carbonyl (C=O) groups excluding carboxylic acids is 1. The predicted molar refractivity (Wildman–Crippen MR) is 63.0 cm³/mol. The molecule has 0 amide bonds. The quantitative estimate of drug-likeness (QED) is 0.363. The summed E-state index contributed by atoms with van der Waals surface area (Å²) in [5.41, 5.74) is 0. The van der Waals surface area contributed by atoms with Crippen LogP contribution in [0.1, 0.15) is 59.3 Å². The molecule has 0 aromatic heterocycles. The first kappa shape index (κ1) is 13.5. The molecule has 0 N–H and O–H groups in total. The highest BCUT2D eigenvalue weighted by Crippen LogP contribution is 2.50. The first-order chi connectivity index (χ1) is 7.64. The van der Waals surface area contributed by atoms with E-state index in [0.717, 1.165) is 12.8 Å². The van der Waals surface area contributed by atoms with Gasteiger partial charge in [0.15, 0.2) is 0 Å². The summed E-state index contributed by atoms with van der Waals surface area (Å²) in [5, 5.41) is 0. The molecule has 0 heterocycles. The summed E-state index contributed by atoms with van der Waals surface area (Å²) in [5.74, 6) is -0.370. The Hall–Kier alpha value is -0.570. The number of hydrogen-bond acceptors (Lipinski definition) is 3. The summed E-state index contributed by atoms with van der Waals surface area (Å²) in [7, 11) is 0. The molecule has 0 aromatic carbocycles. The van der Waals surface area contributed by atoms with E-state index in [2.05, 4.69) is 6.92 Å². The first-order valence-electron chi connectivity index (χ1n) is 6.48. The van der Waals surface area contributed by atoms with E-state index in [1.54, 1.807) is 0 Å². The molecule has 1 rings (SSSR count). The molecule has 2 atom stereocenters. The average Bonchev–Trinajstić information content (AvgIpc) is 2.85. The smallest absolute Gasteiger partial charge is 0.305 e. The van der Waals surface area contributed by atoms with Gasteiger partial charge in [0.25, 0.3) is 0 Å². The van der Waals surface area contributed by atoms with Crippen LogP contribution < -0.4 is 0 Å². The number of ether oxygens (including phenoxy) is 2. The topological polar surface area (TPSA) is 35.5 Å². The first-order valence-corrected chi connectivity index (χ1v) is 6.48. The van der Waals surface area contributed by atoms with Crippen LogP contribution in [0.4, 0.5) is 0 Å². The van der Waals surface area contributed by atoms with E-state index in [-0.39, 0.29) is 5.97 Å². The van der Waals surface area contributed by atoms with E-state index < -0.39 is 5.79 Å². The van der Waals surface area contributed by atoms with Gasteiger partial charge in [-0.3, -0.25) is 4.79 Å². The normalized spacial score (nSPS) is 27.8. The molecule has 0 radical (unpaired) electrons. The van der Waals surface area contributed by atoms with Crippen molar-refractivity contribution >= 4 is 5.97 Å². The summed E-state index contributed by atoms with van der Waals surface area (Å²) < 4.78 is 10.9. The number of carbonyl (C=O) groups is 1. The molecule has 1 fully saturated rings. The van der Waals surface area contributed by atoms with Crippen molar-refractivity contribution in [1.29, 1.82) is 0 Å². The Labute approximate surface area is 98.5 Å². The standard InChI is InChI=1S/C13H24O3/c1-4-6-7-8-9-12-10-13(12,15-5-2)16-11(3)14/h12H,4-10H2,1-3H3/t12-,13+/m0/s1. The van der Waals surface area contributed by atoms with Crippen LogP contribution >= 0.6 is 0 Å². The molecule has 94 valence electrons. The fourth-order valence-corrected chi connectivity index (χ4v) is 2.24. The van der Waals surface area contributed by atoms with Gasteiger partial charge in [0.1, 0.15) is 0 Å². The van der Waals surface area contributed by atoms with Crippen LogP contribution in [0.5, 0.6) is 0 Å². The Balaban J connectivity index is 2.26. The number of esters is 1. The summed E-state index contributed by atoms with van der Waals surface area (Å²) in [6.07, 6.45) is 7.04. The molecular formula is C13H24O3. The largest absolute Gasteiger partial charge is 0.433 e. The van der Waals surface area contributed by atoms with Gasteiger partial charge in [0.2, 0.25) is 5.79 Å². The van der Waals surface area contributed by atoms with Crippen LogP contribution in [-0.2, 0) is 14.3 Å². The monoisotopic (exact) mass is 228 g/mol. The zero-order valence-corrected chi connectivity index (χ0v) is 10.8. The molecule has 16 heavy (non-hydrogen) atoms. The molecule has 0 aromatic rings. The second kappa shape index (κ2) is 6.24. The second-order valence-electron chi connectivity index (χ2n) is 4.59. The van der Waals surface area contributed by atoms with Crippen molar-refractivity contribution in [2.45, 2.75) is 65.1 Å². The van der Waals surface area contributed by atoms with Crippen molar-refractivity contribution in [3.05, 3.63) is 0 Å². The molecular weight excluding hydrogens is 204 g/mol. The van der Waals surface area contributed by atoms with Crippen LogP contribution in [-0.4, -0.2) is 18.4 Å². The third-order valence-electron chi connectivity index (χ3n) is 3.10. The average molecular weight is 228 g/mol. The van der Waals surface area contributed by atoms with E-state index in [1.807, 2.05) is 6.92 Å². The van der Waals surface area contributed by atoms with Crippen LogP contribution in [0.25, 0.3) is 0 Å². The van der Waals surface area contributed by atoms with Crippen molar-refractivity contribution < 1.29 is 14.3 Å². The highest BCUT2D eigenvalue weighted by Gasteiger charge is 2.58. The van der Waals surface area contributed by atoms with Gasteiger partial charge in [0, 0.05) is 25.9 Å². The Morgan fingerprint density at radius 2 is 2.06 bits per heavy atom. The molecule has 1 aliphatic rings. The van der Waals surface area contributed by atoms with E-state index in [9.17, 15) is 4.79 Å². The van der Waals surface area contributed by atoms with Crippen molar-refractivity contribution in [2.24, 2.45) is 5.92 Å². The summed E-state index contributed by atoms with van der Waals surface area (Å²) in [6, 6.07) is 0. The Bertz CT molecular complexity index is 227. The minimum absolute atomic E-state index is 0.232. The van der Waals surface area contributed by atoms with Crippen LogP contribution in [0.2, 0.25) is 0 Å². The van der Waals surface area contributed by atoms with E-state index in [0.29, 0.717) is 12.5 Å². The van der Waals surface area contributed by atoms with Crippen LogP contribution in [0.3, 0.4) is 0 Å². The maximum Gasteiger partial charge on any atom is 0.305 e. The highest BCUT2D eigenvalue weighted by atomic mass is 16.7. The Morgan fingerprint density at radius 1 is 1.31 bits per heavy atom. The summed E-state index contributed by atoms with van der Waals surface area (Å²) in [6.45, 7) is 6.21.